The molecule has 0 fully saturated rings. The summed E-state index contributed by atoms with van der Waals surface area (Å²) in [5.41, 5.74) is 6.44. The van der Waals surface area contributed by atoms with Crippen LogP contribution in [0.25, 0.3) is 11.0 Å². The molecule has 0 amide bonds. The third-order valence-electron chi connectivity index (χ3n) is 6.15. The second kappa shape index (κ2) is 12.2. The number of para-hydroxylation sites is 1. The Morgan fingerprint density at radius 3 is 2.53 bits per heavy atom. The molecule has 0 radical (unpaired) electrons. The minimum atomic E-state index is -2.39. The predicted octanol–water partition coefficient (Wildman–Crippen LogP) is 4.26. The van der Waals surface area contributed by atoms with Gasteiger partial charge < -0.3 is 25.3 Å². The summed E-state index contributed by atoms with van der Waals surface area (Å²) < 4.78 is 27.4. The van der Waals surface area contributed by atoms with E-state index in [-0.39, 0.29) is 6.04 Å². The number of hydrogen-bond donors (Lipinski definition) is 5. The fraction of sp³-hybridized carbons (Fsp3) is 0.333. The molecule has 2 aromatic carbocycles. The first kappa shape index (κ1) is 27.4. The van der Waals surface area contributed by atoms with Gasteiger partial charge in [0.05, 0.1) is 18.2 Å². The van der Waals surface area contributed by atoms with Gasteiger partial charge in [-0.05, 0) is 75.2 Å². The zero-order valence-electron chi connectivity index (χ0n) is 22.3. The van der Waals surface area contributed by atoms with Crippen LogP contribution in [0.4, 0.5) is 23.1 Å². The molecule has 10 nitrogen and oxygen atoms in total. The van der Waals surface area contributed by atoms with Crippen molar-refractivity contribution in [2.75, 3.05) is 31.3 Å². The average Bonchev–Trinajstić information content (AvgIpc) is 3.33. The molecule has 0 atom stereocenters. The Morgan fingerprint density at radius 2 is 1.84 bits per heavy atom. The molecule has 0 saturated carbocycles. The molecular weight excluding hydrogens is 502 g/mol. The Labute approximate surface area is 224 Å². The topological polar surface area (TPSA) is 124 Å². The van der Waals surface area contributed by atoms with E-state index in [4.69, 9.17) is 9.72 Å². The zero-order chi connectivity index (χ0) is 27.2. The quantitative estimate of drug-likeness (QED) is 0.222. The zero-order valence-corrected chi connectivity index (χ0v) is 23.2. The van der Waals surface area contributed by atoms with Crippen LogP contribution in [-0.4, -0.2) is 55.0 Å². The smallest absolute Gasteiger partial charge is 0.231 e. The number of aromatic amines is 1. The summed E-state index contributed by atoms with van der Waals surface area (Å²) in [7, 11) is 1.45. The van der Waals surface area contributed by atoms with Gasteiger partial charge in [-0.25, -0.2) is 13.1 Å². The van der Waals surface area contributed by atoms with E-state index in [1.807, 2.05) is 30.5 Å². The first-order valence-corrected chi connectivity index (χ1v) is 13.6. The van der Waals surface area contributed by atoms with Crippen LogP contribution < -0.4 is 20.1 Å². The van der Waals surface area contributed by atoms with E-state index in [1.165, 1.54) is 11.1 Å². The Balaban J connectivity index is 0.000000426. The van der Waals surface area contributed by atoms with Crippen molar-refractivity contribution in [3.8, 4) is 5.75 Å². The number of benzene rings is 2. The first-order valence-electron chi connectivity index (χ1n) is 12.5. The molecule has 1 aliphatic heterocycles. The van der Waals surface area contributed by atoms with E-state index in [1.54, 1.807) is 21.0 Å². The molecule has 1 aliphatic rings. The molecule has 0 aliphatic carbocycles. The fourth-order valence-corrected chi connectivity index (χ4v) is 4.68. The number of H-pyrrole nitrogens is 1. The highest BCUT2D eigenvalue weighted by Gasteiger charge is 2.18. The van der Waals surface area contributed by atoms with Gasteiger partial charge in [0.25, 0.3) is 0 Å². The number of fused-ring (bicyclic) bond motifs is 2. The number of nitrogens with one attached hydrogen (secondary N) is 4. The molecule has 11 heteroatoms. The van der Waals surface area contributed by atoms with Gasteiger partial charge >= 0.3 is 0 Å². The average molecular weight is 538 g/mol. The van der Waals surface area contributed by atoms with Gasteiger partial charge in [0.1, 0.15) is 17.2 Å². The Kier molecular flexibility index (Phi) is 8.82. The number of hydrogen-bond acceptors (Lipinski definition) is 8. The molecule has 0 spiro atoms. The van der Waals surface area contributed by atoms with E-state index < -0.39 is 10.9 Å². The van der Waals surface area contributed by atoms with Crippen molar-refractivity contribution in [2.24, 2.45) is 0 Å². The summed E-state index contributed by atoms with van der Waals surface area (Å²) in [6.45, 7) is 7.59. The molecule has 3 heterocycles. The molecule has 2 aromatic heterocycles. The lowest BCUT2D eigenvalue weighted by atomic mass is 9.99. The fourth-order valence-electron chi connectivity index (χ4n) is 4.26. The summed E-state index contributed by atoms with van der Waals surface area (Å²) in [5.74, 6) is 2.06. The van der Waals surface area contributed by atoms with Crippen molar-refractivity contribution in [1.29, 1.82) is 0 Å². The number of methoxy groups -OCH3 is 1. The van der Waals surface area contributed by atoms with Gasteiger partial charge in [-0.3, -0.25) is 0 Å². The minimum Gasteiger partial charge on any atom is -0.495 e. The minimum absolute atomic E-state index is 0.0288. The normalized spacial score (nSPS) is 13.2. The van der Waals surface area contributed by atoms with Crippen LogP contribution >= 0.6 is 0 Å². The maximum absolute atomic E-state index is 9.74. The summed E-state index contributed by atoms with van der Waals surface area (Å²) in [6, 6.07) is 14.5. The monoisotopic (exact) mass is 537 g/mol. The number of rotatable bonds is 7. The van der Waals surface area contributed by atoms with E-state index >= 15 is 0 Å². The maximum atomic E-state index is 9.74. The molecular formula is C27H35N7O3S. The number of likely N-dealkylation sites (N-methyl/N-ethyl adjacent to an activating group) is 1. The van der Waals surface area contributed by atoms with Crippen molar-refractivity contribution in [2.45, 2.75) is 39.8 Å². The first-order chi connectivity index (χ1) is 18.2. The molecule has 4 N–H and O–H groups in total. The second-order valence-electron chi connectivity index (χ2n) is 9.55. The second-order valence-corrected chi connectivity index (χ2v) is 10.3. The van der Waals surface area contributed by atoms with Gasteiger partial charge in [-0.15, -0.1) is 0 Å². The molecule has 202 valence electrons. The van der Waals surface area contributed by atoms with Crippen LogP contribution in [-0.2, 0) is 23.9 Å². The van der Waals surface area contributed by atoms with Crippen molar-refractivity contribution in [3.05, 3.63) is 65.4 Å². The molecule has 0 bridgehead atoms. The van der Waals surface area contributed by atoms with Crippen molar-refractivity contribution in [1.82, 2.24) is 24.6 Å². The number of thiol groups is 1. The Morgan fingerprint density at radius 1 is 1.05 bits per heavy atom. The third-order valence-corrected chi connectivity index (χ3v) is 6.88. The van der Waals surface area contributed by atoms with Gasteiger partial charge in [0.15, 0.2) is 0 Å². The maximum Gasteiger partial charge on any atom is 0.231 e. The van der Waals surface area contributed by atoms with Crippen LogP contribution in [0.5, 0.6) is 5.75 Å². The molecule has 0 saturated heterocycles. The van der Waals surface area contributed by atoms with E-state index in [2.05, 4.69) is 62.4 Å². The number of aromatic nitrogens is 3. The van der Waals surface area contributed by atoms with Crippen molar-refractivity contribution in [3.63, 3.8) is 0 Å². The SMILES string of the molecule is CC(C)N[SH](=O)=O.COc1cc2c(cc1Nc1nc(Nc3ccccc3C)c3cc[nH]c3n1)CN(C)CC2. The van der Waals surface area contributed by atoms with Gasteiger partial charge in [0.2, 0.25) is 16.8 Å². The van der Waals surface area contributed by atoms with Gasteiger partial charge in [0, 0.05) is 31.0 Å². The highest BCUT2D eigenvalue weighted by Crippen LogP contribution is 2.34. The van der Waals surface area contributed by atoms with Crippen LogP contribution in [0.15, 0.2) is 48.7 Å². The van der Waals surface area contributed by atoms with Crippen LogP contribution in [0.1, 0.15) is 30.5 Å². The van der Waals surface area contributed by atoms with Gasteiger partial charge in [-0.1, -0.05) is 18.2 Å². The highest BCUT2D eigenvalue weighted by atomic mass is 32.2. The van der Waals surface area contributed by atoms with E-state index in [9.17, 15) is 8.42 Å². The lowest BCUT2D eigenvalue weighted by Crippen LogP contribution is -2.26. The van der Waals surface area contributed by atoms with Crippen LogP contribution in [0, 0.1) is 6.92 Å². The lowest BCUT2D eigenvalue weighted by molar-refractivity contribution is 0.312. The van der Waals surface area contributed by atoms with Crippen molar-refractivity contribution >= 4 is 45.1 Å². The number of nitrogens with zero attached hydrogens (tertiary/aromatic N) is 3. The number of ether oxygens (including phenoxy) is 1. The number of aryl methyl sites for hydroxylation is 1. The van der Waals surface area contributed by atoms with Crippen molar-refractivity contribution < 1.29 is 13.2 Å². The molecule has 5 rings (SSSR count). The highest BCUT2D eigenvalue weighted by molar-refractivity contribution is 7.70. The van der Waals surface area contributed by atoms with E-state index in [0.29, 0.717) is 5.95 Å². The summed E-state index contributed by atoms with van der Waals surface area (Å²) in [4.78, 5) is 15.0. The predicted molar refractivity (Wildman–Crippen MR) is 153 cm³/mol. The van der Waals surface area contributed by atoms with E-state index in [0.717, 1.165) is 59.0 Å². The van der Waals surface area contributed by atoms with Crippen LogP contribution in [0.3, 0.4) is 0 Å². The largest absolute Gasteiger partial charge is 0.495 e. The summed E-state index contributed by atoms with van der Waals surface area (Å²) in [5, 5.41) is 7.79. The standard InChI is InChI=1S/C24H26N6O.C3H9NO2S/c1-15-6-4-5-7-19(15)26-23-18-8-10-25-22(18)28-24(29-23)27-20-12-17-14-30(2)11-9-16(17)13-21(20)31-3;1-3(2)4-7(5)6/h4-8,10,12-13H,9,11,14H2,1-3H3,(H3,25,26,27,28,29);3,7H,1-2H3,(H,4,5,6). The summed E-state index contributed by atoms with van der Waals surface area (Å²) in [6.07, 6.45) is 2.90. The van der Waals surface area contributed by atoms with Crippen LogP contribution in [0.2, 0.25) is 0 Å². The lowest BCUT2D eigenvalue weighted by Gasteiger charge is -2.26. The molecule has 4 aromatic rings. The molecule has 38 heavy (non-hydrogen) atoms. The van der Waals surface area contributed by atoms with Gasteiger partial charge in [-0.2, -0.15) is 9.97 Å². The Hall–Kier alpha value is -3.67. The Bertz CT molecular complexity index is 1480. The summed E-state index contributed by atoms with van der Waals surface area (Å²) >= 11 is 0. The third kappa shape index (κ3) is 6.80. The number of anilines is 4. The molecule has 0 unspecified atom stereocenters.